The van der Waals surface area contributed by atoms with E-state index >= 15 is 0 Å². The molecule has 2 aliphatic rings. The standard InChI is InChI=1S/C14H24N4OS/c1-3-16-10-17-14(13-12(15-2)6-9-20-13)18-11-4-7-19-8-5-11/h11,16H,2-10H2,1H3,(H,17,18). The lowest BCUT2D eigenvalue weighted by Crippen LogP contribution is -2.40. The fraction of sp³-hybridized carbons (Fsp3) is 0.714. The Labute approximate surface area is 125 Å². The molecule has 0 bridgehead atoms. The SMILES string of the molecule is C=NC1=C(/C(=N\CNCC)NC2CCOCC2)SCC1. The Morgan fingerprint density at radius 1 is 1.45 bits per heavy atom. The van der Waals surface area contributed by atoms with Crippen LogP contribution in [0.3, 0.4) is 0 Å². The molecule has 0 aromatic heterocycles. The summed E-state index contributed by atoms with van der Waals surface area (Å²) in [4.78, 5) is 10.00. The van der Waals surface area contributed by atoms with Crippen molar-refractivity contribution in [1.82, 2.24) is 10.6 Å². The van der Waals surface area contributed by atoms with Gasteiger partial charge in [0.2, 0.25) is 0 Å². The molecule has 2 aliphatic heterocycles. The molecule has 2 rings (SSSR count). The van der Waals surface area contributed by atoms with Crippen LogP contribution in [0, 0.1) is 0 Å². The van der Waals surface area contributed by atoms with Gasteiger partial charge in [-0.25, -0.2) is 0 Å². The van der Waals surface area contributed by atoms with Crippen molar-refractivity contribution in [2.24, 2.45) is 9.98 Å². The number of rotatable bonds is 6. The van der Waals surface area contributed by atoms with E-state index in [-0.39, 0.29) is 0 Å². The van der Waals surface area contributed by atoms with Crippen LogP contribution in [-0.2, 0) is 4.74 Å². The minimum Gasteiger partial charge on any atom is -0.381 e. The maximum atomic E-state index is 5.41. The first-order valence-electron chi connectivity index (χ1n) is 7.27. The molecule has 0 saturated carbocycles. The molecule has 20 heavy (non-hydrogen) atoms. The zero-order valence-corrected chi connectivity index (χ0v) is 13.0. The molecule has 5 nitrogen and oxygen atoms in total. The topological polar surface area (TPSA) is 58.0 Å². The van der Waals surface area contributed by atoms with Crippen LogP contribution in [0.2, 0.25) is 0 Å². The second-order valence-corrected chi connectivity index (χ2v) is 5.94. The summed E-state index contributed by atoms with van der Waals surface area (Å²) in [6.07, 6.45) is 3.06. The lowest BCUT2D eigenvalue weighted by atomic mass is 10.1. The fourth-order valence-corrected chi connectivity index (χ4v) is 3.36. The van der Waals surface area contributed by atoms with Gasteiger partial charge in [0.05, 0.1) is 17.3 Å². The highest BCUT2D eigenvalue weighted by Crippen LogP contribution is 2.32. The number of hydrogen-bond acceptors (Lipinski definition) is 5. The number of amidine groups is 1. The van der Waals surface area contributed by atoms with Gasteiger partial charge in [0.1, 0.15) is 5.84 Å². The molecule has 6 heteroatoms. The van der Waals surface area contributed by atoms with Gasteiger partial charge in [0, 0.05) is 31.4 Å². The molecule has 0 unspecified atom stereocenters. The highest BCUT2D eigenvalue weighted by atomic mass is 32.2. The van der Waals surface area contributed by atoms with Crippen molar-refractivity contribution in [1.29, 1.82) is 0 Å². The Bertz CT molecular complexity index is 389. The maximum absolute atomic E-state index is 5.41. The molecule has 0 aromatic carbocycles. The smallest absolute Gasteiger partial charge is 0.138 e. The van der Waals surface area contributed by atoms with Gasteiger partial charge in [-0.15, -0.1) is 11.8 Å². The van der Waals surface area contributed by atoms with Gasteiger partial charge in [-0.05, 0) is 26.1 Å². The zero-order valence-electron chi connectivity index (χ0n) is 12.2. The van der Waals surface area contributed by atoms with Crippen molar-refractivity contribution in [2.75, 3.05) is 32.2 Å². The molecule has 2 heterocycles. The number of nitrogens with zero attached hydrogens (tertiary/aromatic N) is 2. The van der Waals surface area contributed by atoms with Crippen LogP contribution >= 0.6 is 11.8 Å². The largest absolute Gasteiger partial charge is 0.381 e. The highest BCUT2D eigenvalue weighted by molar-refractivity contribution is 8.04. The predicted molar refractivity (Wildman–Crippen MR) is 86.6 cm³/mol. The first-order valence-corrected chi connectivity index (χ1v) is 8.26. The second-order valence-electron chi connectivity index (χ2n) is 4.83. The Morgan fingerprint density at radius 3 is 2.95 bits per heavy atom. The van der Waals surface area contributed by atoms with Crippen LogP contribution in [0.5, 0.6) is 0 Å². The molecule has 0 radical (unpaired) electrons. The van der Waals surface area contributed by atoms with Gasteiger partial charge in [0.25, 0.3) is 0 Å². The fourth-order valence-electron chi connectivity index (χ4n) is 2.27. The first-order chi connectivity index (χ1) is 9.85. The van der Waals surface area contributed by atoms with Crippen molar-refractivity contribution in [2.45, 2.75) is 32.2 Å². The van der Waals surface area contributed by atoms with E-state index in [1.807, 2.05) is 11.8 Å². The van der Waals surface area contributed by atoms with Crippen LogP contribution in [0.15, 0.2) is 20.6 Å². The van der Waals surface area contributed by atoms with Gasteiger partial charge in [-0.2, -0.15) is 0 Å². The Hall–Kier alpha value is -0.850. The maximum Gasteiger partial charge on any atom is 0.138 e. The van der Waals surface area contributed by atoms with Crippen molar-refractivity contribution < 1.29 is 4.74 Å². The number of hydrogen-bond donors (Lipinski definition) is 2. The summed E-state index contributed by atoms with van der Waals surface area (Å²) in [7, 11) is 0. The Kier molecular flexibility index (Phi) is 6.56. The average molecular weight is 296 g/mol. The minimum atomic E-state index is 0.448. The van der Waals surface area contributed by atoms with Crippen LogP contribution in [0.1, 0.15) is 26.2 Å². The second kappa shape index (κ2) is 8.44. The third-order valence-electron chi connectivity index (χ3n) is 3.41. The number of nitrogens with one attached hydrogen (secondary N) is 2. The third-order valence-corrected chi connectivity index (χ3v) is 4.54. The van der Waals surface area contributed by atoms with Gasteiger partial charge in [-0.1, -0.05) is 6.92 Å². The Morgan fingerprint density at radius 2 is 2.25 bits per heavy atom. The molecule has 0 atom stereocenters. The van der Waals surface area contributed by atoms with E-state index in [0.29, 0.717) is 12.7 Å². The summed E-state index contributed by atoms with van der Waals surface area (Å²) in [5.41, 5.74) is 1.07. The quantitative estimate of drug-likeness (QED) is 0.445. The van der Waals surface area contributed by atoms with E-state index in [9.17, 15) is 0 Å². The molecular formula is C14H24N4OS. The number of allylic oxidation sites excluding steroid dienone is 1. The van der Waals surface area contributed by atoms with E-state index in [0.717, 1.165) is 56.3 Å². The summed E-state index contributed by atoms with van der Waals surface area (Å²) in [5.74, 6) is 2.04. The normalized spacial score (nSPS) is 21.4. The molecule has 1 fully saturated rings. The first kappa shape index (κ1) is 15.5. The van der Waals surface area contributed by atoms with E-state index in [1.54, 1.807) is 0 Å². The lowest BCUT2D eigenvalue weighted by molar-refractivity contribution is 0.0825. The minimum absolute atomic E-state index is 0.448. The molecule has 2 N–H and O–H groups in total. The van der Waals surface area contributed by atoms with Crippen LogP contribution in [0.25, 0.3) is 0 Å². The molecule has 0 aliphatic carbocycles. The van der Waals surface area contributed by atoms with Gasteiger partial charge >= 0.3 is 0 Å². The van der Waals surface area contributed by atoms with Crippen molar-refractivity contribution >= 4 is 24.3 Å². The third kappa shape index (κ3) is 4.33. The Balaban J connectivity index is 2.07. The molecule has 1 saturated heterocycles. The van der Waals surface area contributed by atoms with Crippen LogP contribution < -0.4 is 10.6 Å². The molecule has 0 spiro atoms. The van der Waals surface area contributed by atoms with Crippen molar-refractivity contribution in [3.8, 4) is 0 Å². The van der Waals surface area contributed by atoms with E-state index in [4.69, 9.17) is 4.74 Å². The summed E-state index contributed by atoms with van der Waals surface area (Å²) < 4.78 is 5.41. The van der Waals surface area contributed by atoms with Gasteiger partial charge in [0.15, 0.2) is 0 Å². The van der Waals surface area contributed by atoms with Crippen LogP contribution in [-0.4, -0.2) is 50.8 Å². The van der Waals surface area contributed by atoms with E-state index in [2.05, 4.69) is 34.3 Å². The monoisotopic (exact) mass is 296 g/mol. The number of ether oxygens (including phenoxy) is 1. The van der Waals surface area contributed by atoms with E-state index < -0.39 is 0 Å². The van der Waals surface area contributed by atoms with Crippen molar-refractivity contribution in [3.05, 3.63) is 10.6 Å². The average Bonchev–Trinajstić information content (AvgIpc) is 2.96. The molecule has 112 valence electrons. The lowest BCUT2D eigenvalue weighted by Gasteiger charge is -2.25. The zero-order chi connectivity index (χ0) is 14.2. The number of thioether (sulfide) groups is 1. The summed E-state index contributed by atoms with van der Waals surface area (Å²) in [5, 5.41) is 6.83. The van der Waals surface area contributed by atoms with E-state index in [1.165, 1.54) is 4.91 Å². The highest BCUT2D eigenvalue weighted by Gasteiger charge is 2.22. The van der Waals surface area contributed by atoms with Crippen LogP contribution in [0.4, 0.5) is 0 Å². The molecular weight excluding hydrogens is 272 g/mol. The summed E-state index contributed by atoms with van der Waals surface area (Å²) in [6, 6.07) is 0.448. The number of aliphatic imine (C=N–C) groups is 2. The van der Waals surface area contributed by atoms with Gasteiger partial charge < -0.3 is 10.1 Å². The summed E-state index contributed by atoms with van der Waals surface area (Å²) >= 11 is 1.82. The van der Waals surface area contributed by atoms with Gasteiger partial charge in [-0.3, -0.25) is 15.3 Å². The molecule has 0 aromatic rings. The van der Waals surface area contributed by atoms with Crippen molar-refractivity contribution in [3.63, 3.8) is 0 Å². The summed E-state index contributed by atoms with van der Waals surface area (Å²) in [6.45, 7) is 8.98. The molecule has 0 amide bonds. The predicted octanol–water partition coefficient (Wildman–Crippen LogP) is 1.77.